The van der Waals surface area contributed by atoms with Gasteiger partial charge in [-0.2, -0.15) is 0 Å². The van der Waals surface area contributed by atoms with E-state index in [0.29, 0.717) is 35.1 Å². The molecule has 3 N–H and O–H groups in total. The van der Waals surface area contributed by atoms with Crippen molar-refractivity contribution in [3.63, 3.8) is 0 Å². The van der Waals surface area contributed by atoms with E-state index in [2.05, 4.69) is 10.1 Å². The highest BCUT2D eigenvalue weighted by atomic mass is 31.2. The van der Waals surface area contributed by atoms with Crippen LogP contribution in [0.15, 0.2) is 71.5 Å². The summed E-state index contributed by atoms with van der Waals surface area (Å²) < 4.78 is 41.7. The van der Waals surface area contributed by atoms with Crippen molar-refractivity contribution in [3.8, 4) is 23.0 Å². The molecule has 9 nitrogen and oxygen atoms in total. The molecule has 0 amide bonds. The molecule has 0 fully saturated rings. The number of nitrogens with two attached hydrogens (primary N) is 1. The van der Waals surface area contributed by atoms with E-state index in [1.54, 1.807) is 42.6 Å². The van der Waals surface area contributed by atoms with Gasteiger partial charge < -0.3 is 14.2 Å². The number of halogens is 1. The van der Waals surface area contributed by atoms with Gasteiger partial charge in [0.05, 0.1) is 12.4 Å². The molecule has 4 aromatic rings. The van der Waals surface area contributed by atoms with Crippen molar-refractivity contribution >= 4 is 13.4 Å². The van der Waals surface area contributed by atoms with E-state index in [1.165, 1.54) is 18.3 Å². The Kier molecular flexibility index (Phi) is 5.89. The Morgan fingerprint density at radius 2 is 2.06 bits per heavy atom. The third-order valence-corrected chi connectivity index (χ3v) is 4.74. The highest BCUT2D eigenvalue weighted by molar-refractivity contribution is 7.51. The Bertz CT molecular complexity index is 1290. The van der Waals surface area contributed by atoms with Crippen molar-refractivity contribution in [2.75, 3.05) is 12.4 Å². The normalized spacial score (nSPS) is 12.8. The number of benzene rings is 1. The van der Waals surface area contributed by atoms with Crippen LogP contribution in [0, 0.1) is 5.82 Å². The number of aromatic nitrogens is 3. The average Bonchev–Trinajstić information content (AvgIpc) is 3.18. The molecule has 1 aromatic carbocycles. The summed E-state index contributed by atoms with van der Waals surface area (Å²) in [7, 11) is -3.79. The molecule has 0 radical (unpaired) electrons. The largest absolute Gasteiger partial charge is 0.439 e. The summed E-state index contributed by atoms with van der Waals surface area (Å²) in [5.41, 5.74) is 7.97. The summed E-state index contributed by atoms with van der Waals surface area (Å²) in [4.78, 5) is 13.7. The Morgan fingerprint density at radius 1 is 1.22 bits per heavy atom. The van der Waals surface area contributed by atoms with Gasteiger partial charge in [0.2, 0.25) is 5.88 Å². The molecule has 3 heterocycles. The Labute approximate surface area is 182 Å². The maximum atomic E-state index is 13.3. The van der Waals surface area contributed by atoms with Crippen LogP contribution in [0.3, 0.4) is 0 Å². The first-order valence-corrected chi connectivity index (χ1v) is 11.4. The molecule has 0 aliphatic carbocycles. The topological polar surface area (TPSA) is 125 Å². The van der Waals surface area contributed by atoms with E-state index in [0.717, 1.165) is 17.0 Å². The molecule has 3 aromatic heterocycles. The molecule has 0 bridgehead atoms. The summed E-state index contributed by atoms with van der Waals surface area (Å²) in [6.45, 7) is 1.06. The molecule has 164 valence electrons. The summed E-state index contributed by atoms with van der Waals surface area (Å²) >= 11 is 0. The van der Waals surface area contributed by atoms with Gasteiger partial charge in [-0.1, -0.05) is 17.3 Å². The van der Waals surface area contributed by atoms with Crippen LogP contribution in [0.4, 0.5) is 10.2 Å². The minimum atomic E-state index is -3.79. The van der Waals surface area contributed by atoms with Gasteiger partial charge in [-0.3, -0.25) is 10.4 Å². The van der Waals surface area contributed by atoms with Crippen molar-refractivity contribution in [2.24, 2.45) is 0 Å². The molecule has 32 heavy (non-hydrogen) atoms. The van der Waals surface area contributed by atoms with Gasteiger partial charge in [0, 0.05) is 30.8 Å². The fraction of sp³-hybridized carbons (Fsp3) is 0.0952. The quantitative estimate of drug-likeness (QED) is 0.320. The zero-order valence-corrected chi connectivity index (χ0v) is 17.8. The van der Waals surface area contributed by atoms with Crippen LogP contribution in [0.2, 0.25) is 0 Å². The standard InChI is InChI=1S/C21H18FN4O5P/c1-32(27,28)31-26-9-3-6-18(21(26)23)19-12-16(25-30-19)10-14-7-8-20(24-13-14)29-17-5-2-4-15(22)11-17/h2-9,11-13,23H,10H2,1H3,(H,27,28)/p+1. The highest BCUT2D eigenvalue weighted by Crippen LogP contribution is 2.31. The molecular weight excluding hydrogens is 438 g/mol. The van der Waals surface area contributed by atoms with Gasteiger partial charge >= 0.3 is 13.4 Å². The summed E-state index contributed by atoms with van der Waals surface area (Å²) in [6.07, 6.45) is 3.48. The van der Waals surface area contributed by atoms with Crippen LogP contribution in [0.25, 0.3) is 11.3 Å². The third-order valence-electron chi connectivity index (χ3n) is 4.26. The van der Waals surface area contributed by atoms with E-state index in [4.69, 9.17) is 19.6 Å². The Hall–Kier alpha value is -3.75. The van der Waals surface area contributed by atoms with Crippen LogP contribution < -0.4 is 19.8 Å². The first kappa shape index (κ1) is 21.5. The van der Waals surface area contributed by atoms with Crippen molar-refractivity contribution in [3.05, 3.63) is 84.1 Å². The number of hydrogen-bond acceptors (Lipinski definition) is 7. The first-order chi connectivity index (χ1) is 15.3. The smallest absolute Gasteiger partial charge is 0.415 e. The molecule has 0 aliphatic rings. The summed E-state index contributed by atoms with van der Waals surface area (Å²) in [6, 6.07) is 14.3. The molecular formula is C21H19FN4O5P+. The van der Waals surface area contributed by atoms with Gasteiger partial charge in [-0.15, -0.1) is 0 Å². The molecule has 0 spiro atoms. The number of nitrogens with zero attached hydrogens (tertiary/aromatic N) is 3. The zero-order chi connectivity index (χ0) is 22.7. The fourth-order valence-electron chi connectivity index (χ4n) is 2.90. The summed E-state index contributed by atoms with van der Waals surface area (Å²) in [5, 5.41) is 4.05. The number of pyridine rings is 2. The molecule has 4 rings (SSSR count). The molecule has 0 aliphatic heterocycles. The first-order valence-electron chi connectivity index (χ1n) is 9.42. The number of anilines is 1. The van der Waals surface area contributed by atoms with Crippen LogP contribution in [-0.2, 0) is 11.0 Å². The third kappa shape index (κ3) is 5.29. The second kappa shape index (κ2) is 8.78. The number of ether oxygens (including phenoxy) is 1. The van der Waals surface area contributed by atoms with Crippen LogP contribution >= 0.6 is 7.60 Å². The lowest BCUT2D eigenvalue weighted by molar-refractivity contribution is -0.847. The maximum Gasteiger partial charge on any atom is 0.415 e. The lowest BCUT2D eigenvalue weighted by atomic mass is 10.1. The Morgan fingerprint density at radius 3 is 2.78 bits per heavy atom. The van der Waals surface area contributed by atoms with E-state index < -0.39 is 13.4 Å². The minimum absolute atomic E-state index is 0.0897. The number of hydrogen-bond donors (Lipinski definition) is 2. The summed E-state index contributed by atoms with van der Waals surface area (Å²) in [5.74, 6) is 0.759. The van der Waals surface area contributed by atoms with E-state index in [9.17, 15) is 13.8 Å². The van der Waals surface area contributed by atoms with E-state index in [-0.39, 0.29) is 5.82 Å². The Balaban J connectivity index is 1.47. The maximum absolute atomic E-state index is 13.3. The molecule has 1 unspecified atom stereocenters. The lowest BCUT2D eigenvalue weighted by Crippen LogP contribution is -2.43. The molecule has 1 atom stereocenters. The van der Waals surface area contributed by atoms with Crippen molar-refractivity contribution in [1.82, 2.24) is 10.1 Å². The molecule has 11 heteroatoms. The van der Waals surface area contributed by atoms with Gasteiger partial charge in [-0.25, -0.2) is 13.9 Å². The fourth-order valence-corrected chi connectivity index (χ4v) is 3.37. The van der Waals surface area contributed by atoms with Crippen LogP contribution in [0.5, 0.6) is 11.6 Å². The zero-order valence-electron chi connectivity index (χ0n) is 16.9. The van der Waals surface area contributed by atoms with Gasteiger partial charge in [0.1, 0.15) is 23.3 Å². The SMILES string of the molecule is CP(=O)(O)O[n+]1cccc(-c2cc(Cc3ccc(Oc4cccc(F)c4)nc3)no2)c1N. The van der Waals surface area contributed by atoms with Crippen LogP contribution in [0.1, 0.15) is 11.3 Å². The van der Waals surface area contributed by atoms with Crippen molar-refractivity contribution in [2.45, 2.75) is 6.42 Å². The van der Waals surface area contributed by atoms with E-state index >= 15 is 0 Å². The highest BCUT2D eigenvalue weighted by Gasteiger charge is 2.23. The van der Waals surface area contributed by atoms with E-state index in [1.807, 2.05) is 6.07 Å². The van der Waals surface area contributed by atoms with Crippen molar-refractivity contribution in [1.29, 1.82) is 0 Å². The second-order valence-corrected chi connectivity index (χ2v) is 8.71. The molecule has 0 saturated heterocycles. The molecule has 0 saturated carbocycles. The van der Waals surface area contributed by atoms with Gasteiger partial charge in [0.15, 0.2) is 5.76 Å². The monoisotopic (exact) mass is 457 g/mol. The van der Waals surface area contributed by atoms with Crippen molar-refractivity contribution < 1.29 is 32.5 Å². The van der Waals surface area contributed by atoms with Crippen LogP contribution in [-0.4, -0.2) is 21.7 Å². The minimum Gasteiger partial charge on any atom is -0.439 e. The predicted octanol–water partition coefficient (Wildman–Crippen LogP) is 3.37. The predicted molar refractivity (Wildman–Crippen MR) is 112 cm³/mol. The number of rotatable bonds is 7. The van der Waals surface area contributed by atoms with Gasteiger partial charge in [-0.05, 0) is 34.6 Å². The average molecular weight is 457 g/mol. The van der Waals surface area contributed by atoms with Gasteiger partial charge in [0.25, 0.3) is 0 Å². The second-order valence-electron chi connectivity index (χ2n) is 6.94. The lowest BCUT2D eigenvalue weighted by Gasteiger charge is -2.07. The number of nitrogen functional groups attached to an aromatic ring is 1.